The molecular formula is C16H23NOS. The molecule has 0 aromatic heterocycles. The molecule has 2 nitrogen and oxygen atoms in total. The van der Waals surface area contributed by atoms with Crippen molar-refractivity contribution >= 4 is 11.8 Å². The van der Waals surface area contributed by atoms with Crippen LogP contribution in [0.4, 0.5) is 0 Å². The summed E-state index contributed by atoms with van der Waals surface area (Å²) in [7, 11) is 1.72. The van der Waals surface area contributed by atoms with Gasteiger partial charge < -0.3 is 10.1 Å². The van der Waals surface area contributed by atoms with Gasteiger partial charge in [0.2, 0.25) is 0 Å². The molecule has 1 N–H and O–H groups in total. The highest BCUT2D eigenvalue weighted by atomic mass is 32.2. The Morgan fingerprint density at radius 3 is 2.68 bits per heavy atom. The van der Waals surface area contributed by atoms with E-state index >= 15 is 0 Å². The van der Waals surface area contributed by atoms with Crippen LogP contribution in [0.5, 0.6) is 5.75 Å². The first kappa shape index (κ1) is 13.3. The molecule has 1 saturated carbocycles. The molecule has 0 amide bonds. The molecule has 1 atom stereocenters. The van der Waals surface area contributed by atoms with E-state index in [1.165, 1.54) is 42.9 Å². The fourth-order valence-corrected chi connectivity index (χ4v) is 4.29. The topological polar surface area (TPSA) is 21.3 Å². The second-order valence-electron chi connectivity index (χ2n) is 5.78. The van der Waals surface area contributed by atoms with Crippen LogP contribution in [-0.2, 0) is 0 Å². The number of nitrogens with one attached hydrogen (secondary N) is 1. The summed E-state index contributed by atoms with van der Waals surface area (Å²) in [5.74, 6) is 5.36. The summed E-state index contributed by atoms with van der Waals surface area (Å²) in [5, 5.41) is 3.75. The van der Waals surface area contributed by atoms with E-state index in [0.717, 1.165) is 23.6 Å². The molecule has 1 heterocycles. The van der Waals surface area contributed by atoms with E-state index in [0.29, 0.717) is 0 Å². The van der Waals surface area contributed by atoms with E-state index in [1.807, 2.05) is 0 Å². The first-order chi connectivity index (χ1) is 9.35. The lowest BCUT2D eigenvalue weighted by molar-refractivity contribution is 0.279. The fraction of sp³-hybridized carbons (Fsp3) is 0.625. The number of hydrogen-bond donors (Lipinski definition) is 1. The molecule has 1 aromatic rings. The van der Waals surface area contributed by atoms with Crippen LogP contribution in [0.1, 0.15) is 30.7 Å². The summed E-state index contributed by atoms with van der Waals surface area (Å²) in [5.41, 5.74) is 1.47. The number of ether oxygens (including phenoxy) is 1. The molecular weight excluding hydrogens is 254 g/mol. The Kier molecular flexibility index (Phi) is 4.34. The maximum atomic E-state index is 5.20. The maximum Gasteiger partial charge on any atom is 0.118 e. The fourth-order valence-electron chi connectivity index (χ4n) is 3.01. The summed E-state index contributed by atoms with van der Waals surface area (Å²) in [6.45, 7) is 1.23. The van der Waals surface area contributed by atoms with Crippen molar-refractivity contribution in [2.45, 2.75) is 31.2 Å². The molecule has 0 bridgehead atoms. The van der Waals surface area contributed by atoms with Gasteiger partial charge in [-0.3, -0.25) is 0 Å². The molecule has 3 heteroatoms. The van der Waals surface area contributed by atoms with Gasteiger partial charge in [-0.1, -0.05) is 12.1 Å². The first-order valence-corrected chi connectivity index (χ1v) is 8.45. The van der Waals surface area contributed by atoms with E-state index in [-0.39, 0.29) is 0 Å². The van der Waals surface area contributed by atoms with Crippen LogP contribution in [0.15, 0.2) is 24.3 Å². The van der Waals surface area contributed by atoms with Gasteiger partial charge in [-0.25, -0.2) is 0 Å². The van der Waals surface area contributed by atoms with Gasteiger partial charge in [0.25, 0.3) is 0 Å². The molecule has 0 spiro atoms. The summed E-state index contributed by atoms with van der Waals surface area (Å²) >= 11 is 2.11. The van der Waals surface area contributed by atoms with Crippen molar-refractivity contribution in [2.75, 3.05) is 25.2 Å². The Balaban J connectivity index is 1.41. The standard InChI is InChI=1S/C16H23NOS/c1-18-16-4-2-13(3-5-16)14-8-15(9-14)17-10-12-6-7-19-11-12/h2-5,12,14-15,17H,6-11H2,1H3. The Morgan fingerprint density at radius 2 is 2.05 bits per heavy atom. The average molecular weight is 277 g/mol. The van der Waals surface area contributed by atoms with Gasteiger partial charge >= 0.3 is 0 Å². The van der Waals surface area contributed by atoms with E-state index in [9.17, 15) is 0 Å². The number of thioether (sulfide) groups is 1. The zero-order valence-corrected chi connectivity index (χ0v) is 12.4. The van der Waals surface area contributed by atoms with Crippen molar-refractivity contribution in [3.63, 3.8) is 0 Å². The number of benzene rings is 1. The van der Waals surface area contributed by atoms with E-state index in [4.69, 9.17) is 4.74 Å². The third kappa shape index (κ3) is 3.26. The molecule has 2 fully saturated rings. The van der Waals surface area contributed by atoms with Gasteiger partial charge in [0, 0.05) is 6.04 Å². The molecule has 0 radical (unpaired) electrons. The number of hydrogen-bond acceptors (Lipinski definition) is 3. The lowest BCUT2D eigenvalue weighted by atomic mass is 9.76. The highest BCUT2D eigenvalue weighted by Crippen LogP contribution is 2.37. The quantitative estimate of drug-likeness (QED) is 0.892. The molecule has 1 aliphatic heterocycles. The Bertz CT molecular complexity index is 394. The average Bonchev–Trinajstić information content (AvgIpc) is 2.91. The zero-order chi connectivity index (χ0) is 13.1. The Labute approximate surface area is 120 Å². The third-order valence-electron chi connectivity index (χ3n) is 4.44. The molecule has 2 aliphatic rings. The largest absolute Gasteiger partial charge is 0.497 e. The van der Waals surface area contributed by atoms with E-state index in [1.54, 1.807) is 7.11 Å². The van der Waals surface area contributed by atoms with Gasteiger partial charge in [-0.2, -0.15) is 11.8 Å². The van der Waals surface area contributed by atoms with E-state index in [2.05, 4.69) is 41.3 Å². The van der Waals surface area contributed by atoms with Crippen LogP contribution in [0.3, 0.4) is 0 Å². The third-order valence-corrected chi connectivity index (χ3v) is 5.68. The maximum absolute atomic E-state index is 5.20. The van der Waals surface area contributed by atoms with Crippen LogP contribution < -0.4 is 10.1 Å². The van der Waals surface area contributed by atoms with Gasteiger partial charge in [0.15, 0.2) is 0 Å². The first-order valence-electron chi connectivity index (χ1n) is 7.30. The van der Waals surface area contributed by atoms with Crippen molar-refractivity contribution in [1.29, 1.82) is 0 Å². The minimum absolute atomic E-state index is 0.748. The van der Waals surface area contributed by atoms with Gasteiger partial charge in [0.1, 0.15) is 5.75 Å². The lowest BCUT2D eigenvalue weighted by Gasteiger charge is -2.37. The second kappa shape index (κ2) is 6.19. The summed E-state index contributed by atoms with van der Waals surface area (Å²) < 4.78 is 5.20. The summed E-state index contributed by atoms with van der Waals surface area (Å²) in [6, 6.07) is 9.33. The van der Waals surface area contributed by atoms with Crippen molar-refractivity contribution in [1.82, 2.24) is 5.32 Å². The van der Waals surface area contributed by atoms with Gasteiger partial charge in [0.05, 0.1) is 7.11 Å². The van der Waals surface area contributed by atoms with Crippen molar-refractivity contribution < 1.29 is 4.74 Å². The van der Waals surface area contributed by atoms with Gasteiger partial charge in [-0.15, -0.1) is 0 Å². The predicted octanol–water partition coefficient (Wildman–Crippen LogP) is 3.28. The summed E-state index contributed by atoms with van der Waals surface area (Å²) in [6.07, 6.45) is 4.00. The number of methoxy groups -OCH3 is 1. The monoisotopic (exact) mass is 277 g/mol. The predicted molar refractivity (Wildman–Crippen MR) is 82.2 cm³/mol. The molecule has 104 valence electrons. The van der Waals surface area contributed by atoms with Crippen molar-refractivity contribution in [3.8, 4) is 5.75 Å². The van der Waals surface area contributed by atoms with Crippen LogP contribution in [-0.4, -0.2) is 31.2 Å². The molecule has 1 aliphatic carbocycles. The Morgan fingerprint density at radius 1 is 1.26 bits per heavy atom. The molecule has 1 aromatic carbocycles. The highest BCUT2D eigenvalue weighted by molar-refractivity contribution is 7.99. The van der Waals surface area contributed by atoms with Crippen LogP contribution >= 0.6 is 11.8 Å². The normalized spacial score (nSPS) is 30.1. The number of rotatable bonds is 5. The molecule has 3 rings (SSSR count). The SMILES string of the molecule is COc1ccc(C2CC(NCC3CCSC3)C2)cc1. The van der Waals surface area contributed by atoms with Crippen LogP contribution in [0.2, 0.25) is 0 Å². The Hall–Kier alpha value is -0.670. The molecule has 19 heavy (non-hydrogen) atoms. The highest BCUT2D eigenvalue weighted by Gasteiger charge is 2.30. The van der Waals surface area contributed by atoms with Crippen molar-refractivity contribution in [2.24, 2.45) is 5.92 Å². The molecule has 1 saturated heterocycles. The summed E-state index contributed by atoms with van der Waals surface area (Å²) in [4.78, 5) is 0. The van der Waals surface area contributed by atoms with E-state index < -0.39 is 0 Å². The minimum Gasteiger partial charge on any atom is -0.497 e. The molecule has 1 unspecified atom stereocenters. The van der Waals surface area contributed by atoms with Crippen LogP contribution in [0, 0.1) is 5.92 Å². The second-order valence-corrected chi connectivity index (χ2v) is 6.93. The zero-order valence-electron chi connectivity index (χ0n) is 11.6. The van der Waals surface area contributed by atoms with Crippen molar-refractivity contribution in [3.05, 3.63) is 29.8 Å². The van der Waals surface area contributed by atoms with Crippen LogP contribution in [0.25, 0.3) is 0 Å². The van der Waals surface area contributed by atoms with Gasteiger partial charge in [-0.05, 0) is 66.8 Å². The lowest BCUT2D eigenvalue weighted by Crippen LogP contribution is -2.42. The minimum atomic E-state index is 0.748. The smallest absolute Gasteiger partial charge is 0.118 e.